The highest BCUT2D eigenvalue weighted by Gasteiger charge is 2.43. The molecule has 1 aromatic heterocycles. The molecule has 1 aliphatic heterocycles. The van der Waals surface area contributed by atoms with Crippen molar-refractivity contribution in [2.75, 3.05) is 13.1 Å². The van der Waals surface area contributed by atoms with Crippen LogP contribution in [0.15, 0.2) is 11.4 Å². The summed E-state index contributed by atoms with van der Waals surface area (Å²) in [5.74, 6) is -2.67. The first kappa shape index (κ1) is 13.4. The van der Waals surface area contributed by atoms with E-state index in [1.165, 1.54) is 4.88 Å². The first-order chi connectivity index (χ1) is 8.38. The molecule has 0 fully saturated rings. The van der Waals surface area contributed by atoms with E-state index in [0.29, 0.717) is 13.1 Å². The van der Waals surface area contributed by atoms with Gasteiger partial charge in [-0.1, -0.05) is 0 Å². The normalized spacial score (nSPS) is 18.4. The monoisotopic (exact) mass is 277 g/mol. The van der Waals surface area contributed by atoms with E-state index in [4.69, 9.17) is 11.1 Å². The molecule has 1 atom stereocenters. The first-order valence-corrected chi connectivity index (χ1v) is 6.44. The Kier molecular flexibility index (Phi) is 3.63. The van der Waals surface area contributed by atoms with E-state index in [2.05, 4.69) is 0 Å². The van der Waals surface area contributed by atoms with Crippen LogP contribution in [0.2, 0.25) is 0 Å². The van der Waals surface area contributed by atoms with Crippen LogP contribution < -0.4 is 5.73 Å². The van der Waals surface area contributed by atoms with Crippen molar-refractivity contribution < 1.29 is 13.2 Å². The number of rotatable bonds is 3. The third-order valence-corrected chi connectivity index (χ3v) is 4.12. The van der Waals surface area contributed by atoms with Gasteiger partial charge in [0.1, 0.15) is 11.8 Å². The predicted molar refractivity (Wildman–Crippen MR) is 64.8 cm³/mol. The Morgan fingerprint density at radius 1 is 1.56 bits per heavy atom. The van der Waals surface area contributed by atoms with Crippen molar-refractivity contribution in [3.8, 4) is 0 Å². The minimum absolute atomic E-state index is 0.228. The van der Waals surface area contributed by atoms with E-state index in [-0.39, 0.29) is 6.54 Å². The Hall–Kier alpha value is -1.08. The zero-order valence-corrected chi connectivity index (χ0v) is 10.4. The molecule has 0 aromatic carbocycles. The van der Waals surface area contributed by atoms with E-state index < -0.39 is 17.9 Å². The van der Waals surface area contributed by atoms with Gasteiger partial charge in [0.15, 0.2) is 0 Å². The molecule has 1 unspecified atom stereocenters. The van der Waals surface area contributed by atoms with Gasteiger partial charge in [-0.15, -0.1) is 11.3 Å². The number of amidine groups is 1. The second kappa shape index (κ2) is 4.89. The van der Waals surface area contributed by atoms with Crippen molar-refractivity contribution in [2.24, 2.45) is 11.7 Å². The number of nitrogens with one attached hydrogen (secondary N) is 1. The molecule has 0 saturated heterocycles. The molecule has 2 rings (SSSR count). The summed E-state index contributed by atoms with van der Waals surface area (Å²) < 4.78 is 38.1. The van der Waals surface area contributed by atoms with Crippen molar-refractivity contribution >= 4 is 17.2 Å². The summed E-state index contributed by atoms with van der Waals surface area (Å²) in [5, 5.41) is 9.03. The average Bonchev–Trinajstić information content (AvgIpc) is 2.70. The van der Waals surface area contributed by atoms with Gasteiger partial charge in [0.2, 0.25) is 0 Å². The fraction of sp³-hybridized carbons (Fsp3) is 0.545. The summed E-state index contributed by atoms with van der Waals surface area (Å²) >= 11 is 1.64. The Balaban J connectivity index is 2.04. The highest BCUT2D eigenvalue weighted by Crippen LogP contribution is 2.29. The Bertz CT molecular complexity index is 441. The van der Waals surface area contributed by atoms with Gasteiger partial charge in [-0.25, -0.2) is 0 Å². The van der Waals surface area contributed by atoms with Crippen LogP contribution in [0.25, 0.3) is 0 Å². The highest BCUT2D eigenvalue weighted by atomic mass is 32.1. The van der Waals surface area contributed by atoms with Crippen molar-refractivity contribution in [2.45, 2.75) is 19.1 Å². The molecule has 18 heavy (non-hydrogen) atoms. The number of hydrogen-bond acceptors (Lipinski definition) is 3. The third-order valence-electron chi connectivity index (χ3n) is 3.10. The second-order valence-corrected chi connectivity index (χ2v) is 5.40. The van der Waals surface area contributed by atoms with Crippen molar-refractivity contribution in [1.29, 1.82) is 5.41 Å². The van der Waals surface area contributed by atoms with Gasteiger partial charge < -0.3 is 5.73 Å². The smallest absolute Gasteiger partial charge is 0.387 e. The van der Waals surface area contributed by atoms with Crippen molar-refractivity contribution in [1.82, 2.24) is 4.90 Å². The van der Waals surface area contributed by atoms with Gasteiger partial charge in [0, 0.05) is 24.5 Å². The van der Waals surface area contributed by atoms with Crippen LogP contribution in [0.1, 0.15) is 10.4 Å². The van der Waals surface area contributed by atoms with E-state index in [1.54, 1.807) is 16.2 Å². The van der Waals surface area contributed by atoms with Gasteiger partial charge >= 0.3 is 6.18 Å². The van der Waals surface area contributed by atoms with E-state index in [9.17, 15) is 13.2 Å². The van der Waals surface area contributed by atoms with Crippen LogP contribution in [0.4, 0.5) is 13.2 Å². The maximum absolute atomic E-state index is 12.7. The summed E-state index contributed by atoms with van der Waals surface area (Å²) in [6.45, 7) is 0.875. The molecule has 0 spiro atoms. The fourth-order valence-electron chi connectivity index (χ4n) is 2.10. The molecule has 0 amide bonds. The maximum Gasteiger partial charge on any atom is 0.399 e. The zero-order valence-electron chi connectivity index (χ0n) is 9.63. The average molecular weight is 277 g/mol. The number of thiophene rings is 1. The molecule has 100 valence electrons. The van der Waals surface area contributed by atoms with E-state index in [0.717, 1.165) is 12.0 Å². The second-order valence-electron chi connectivity index (χ2n) is 4.40. The van der Waals surface area contributed by atoms with Gasteiger partial charge in [-0.05, 0) is 23.4 Å². The molecule has 0 radical (unpaired) electrons. The third kappa shape index (κ3) is 2.84. The number of alkyl halides is 3. The van der Waals surface area contributed by atoms with Crippen molar-refractivity contribution in [3.63, 3.8) is 0 Å². The number of fused-ring (bicyclic) bond motifs is 1. The molecular formula is C11H14F3N3S. The van der Waals surface area contributed by atoms with Gasteiger partial charge in [-0.2, -0.15) is 13.2 Å². The lowest BCUT2D eigenvalue weighted by Gasteiger charge is -2.30. The SMILES string of the molecule is N=C(N)C(CN1CCc2sccc2C1)C(F)(F)F. The summed E-state index contributed by atoms with van der Waals surface area (Å²) in [4.78, 5) is 2.96. The predicted octanol–water partition coefficient (Wildman–Crippen LogP) is 2.22. The van der Waals surface area contributed by atoms with Gasteiger partial charge in [-0.3, -0.25) is 10.3 Å². The van der Waals surface area contributed by atoms with Crippen LogP contribution in [-0.2, 0) is 13.0 Å². The summed E-state index contributed by atoms with van der Waals surface area (Å²) in [6, 6.07) is 1.95. The molecule has 0 saturated carbocycles. The molecular weight excluding hydrogens is 263 g/mol. The molecule has 1 aliphatic rings. The summed E-state index contributed by atoms with van der Waals surface area (Å²) in [7, 11) is 0. The topological polar surface area (TPSA) is 53.1 Å². The quantitative estimate of drug-likeness (QED) is 0.657. The molecule has 0 bridgehead atoms. The molecule has 0 aliphatic carbocycles. The minimum atomic E-state index is -4.44. The van der Waals surface area contributed by atoms with E-state index >= 15 is 0 Å². The molecule has 7 heteroatoms. The van der Waals surface area contributed by atoms with Gasteiger partial charge in [0.05, 0.1) is 0 Å². The van der Waals surface area contributed by atoms with Crippen LogP contribution in [0.3, 0.4) is 0 Å². The van der Waals surface area contributed by atoms with E-state index in [1.807, 2.05) is 11.4 Å². The van der Waals surface area contributed by atoms with Crippen LogP contribution in [-0.4, -0.2) is 30.0 Å². The van der Waals surface area contributed by atoms with Crippen LogP contribution in [0.5, 0.6) is 0 Å². The minimum Gasteiger partial charge on any atom is -0.387 e. The molecule has 3 N–H and O–H groups in total. The number of halogens is 3. The lowest BCUT2D eigenvalue weighted by atomic mass is 10.0. The highest BCUT2D eigenvalue weighted by molar-refractivity contribution is 7.10. The Labute approximate surface area is 107 Å². The van der Waals surface area contributed by atoms with Crippen LogP contribution in [0, 0.1) is 11.3 Å². The first-order valence-electron chi connectivity index (χ1n) is 5.56. The lowest BCUT2D eigenvalue weighted by Crippen LogP contribution is -2.45. The van der Waals surface area contributed by atoms with Crippen molar-refractivity contribution in [3.05, 3.63) is 21.9 Å². The zero-order chi connectivity index (χ0) is 13.3. The maximum atomic E-state index is 12.7. The molecule has 3 nitrogen and oxygen atoms in total. The standard InChI is InChI=1S/C11H14F3N3S/c12-11(13,14)8(10(15)16)6-17-3-1-9-7(5-17)2-4-18-9/h2,4,8H,1,3,5-6H2,(H3,15,16). The molecule has 2 heterocycles. The summed E-state index contributed by atoms with van der Waals surface area (Å²) in [6.07, 6.45) is -3.67. The van der Waals surface area contributed by atoms with Crippen LogP contribution >= 0.6 is 11.3 Å². The largest absolute Gasteiger partial charge is 0.399 e. The van der Waals surface area contributed by atoms with Gasteiger partial charge in [0.25, 0.3) is 0 Å². The number of nitrogens with zero attached hydrogens (tertiary/aromatic N) is 1. The Morgan fingerprint density at radius 3 is 2.89 bits per heavy atom. The lowest BCUT2D eigenvalue weighted by molar-refractivity contribution is -0.160. The molecule has 1 aromatic rings. The fourth-order valence-corrected chi connectivity index (χ4v) is 2.99. The number of nitrogens with two attached hydrogens (primary N) is 1. The Morgan fingerprint density at radius 2 is 2.28 bits per heavy atom. The number of hydrogen-bond donors (Lipinski definition) is 2. The summed E-state index contributed by atoms with van der Waals surface area (Å²) in [5.41, 5.74) is 6.15.